The standard InChI is InChI=1S/C18H37N5O/c1-6-19-18(21(5)15-17(24)23(7-2)8-3)20-11-13-22-12-9-10-16(4)14-22/h16H,6-15H2,1-5H3,(H,19,20). The van der Waals surface area contributed by atoms with Crippen LogP contribution in [0.5, 0.6) is 0 Å². The Balaban J connectivity index is 2.52. The van der Waals surface area contributed by atoms with Crippen molar-refractivity contribution in [2.75, 3.05) is 59.4 Å². The zero-order valence-electron chi connectivity index (χ0n) is 16.3. The first-order valence-corrected chi connectivity index (χ1v) is 9.51. The van der Waals surface area contributed by atoms with Crippen molar-refractivity contribution >= 4 is 11.9 Å². The van der Waals surface area contributed by atoms with Gasteiger partial charge >= 0.3 is 0 Å². The molecular weight excluding hydrogens is 302 g/mol. The molecular formula is C18H37N5O. The molecule has 0 radical (unpaired) electrons. The van der Waals surface area contributed by atoms with Crippen LogP contribution >= 0.6 is 0 Å². The fraction of sp³-hybridized carbons (Fsp3) is 0.889. The minimum atomic E-state index is 0.151. The zero-order chi connectivity index (χ0) is 17.9. The molecule has 0 saturated carbocycles. The summed E-state index contributed by atoms with van der Waals surface area (Å²) in [6, 6.07) is 0. The average molecular weight is 340 g/mol. The SMILES string of the molecule is CCNC(=NCCN1CCCC(C)C1)N(C)CC(=O)N(CC)CC. The lowest BCUT2D eigenvalue weighted by atomic mass is 10.0. The quantitative estimate of drug-likeness (QED) is 0.538. The molecule has 1 N–H and O–H groups in total. The Morgan fingerprint density at radius 3 is 2.58 bits per heavy atom. The molecule has 0 aromatic rings. The third-order valence-electron chi connectivity index (χ3n) is 4.60. The first-order valence-electron chi connectivity index (χ1n) is 9.51. The van der Waals surface area contributed by atoms with E-state index in [0.29, 0.717) is 6.54 Å². The largest absolute Gasteiger partial charge is 0.357 e. The molecule has 0 spiro atoms. The van der Waals surface area contributed by atoms with Gasteiger partial charge in [-0.15, -0.1) is 0 Å². The van der Waals surface area contributed by atoms with Crippen LogP contribution < -0.4 is 5.32 Å². The summed E-state index contributed by atoms with van der Waals surface area (Å²) < 4.78 is 0. The fourth-order valence-electron chi connectivity index (χ4n) is 3.21. The molecule has 1 amide bonds. The summed E-state index contributed by atoms with van der Waals surface area (Å²) in [5.41, 5.74) is 0. The summed E-state index contributed by atoms with van der Waals surface area (Å²) in [7, 11) is 1.94. The maximum Gasteiger partial charge on any atom is 0.242 e. The second-order valence-corrected chi connectivity index (χ2v) is 6.71. The van der Waals surface area contributed by atoms with Crippen molar-refractivity contribution in [2.45, 2.75) is 40.5 Å². The van der Waals surface area contributed by atoms with Crippen LogP contribution in [0.2, 0.25) is 0 Å². The smallest absolute Gasteiger partial charge is 0.242 e. The molecule has 0 bridgehead atoms. The highest BCUT2D eigenvalue weighted by Crippen LogP contribution is 2.14. The lowest BCUT2D eigenvalue weighted by Gasteiger charge is -2.30. The van der Waals surface area contributed by atoms with Crippen LogP contribution in [0, 0.1) is 5.92 Å². The van der Waals surface area contributed by atoms with Crippen molar-refractivity contribution in [1.29, 1.82) is 0 Å². The van der Waals surface area contributed by atoms with Crippen LogP contribution in [0.3, 0.4) is 0 Å². The van der Waals surface area contributed by atoms with Crippen LogP contribution in [-0.2, 0) is 4.79 Å². The lowest BCUT2D eigenvalue weighted by Crippen LogP contribution is -2.46. The van der Waals surface area contributed by atoms with Crippen molar-refractivity contribution in [1.82, 2.24) is 20.0 Å². The second kappa shape index (κ2) is 11.3. The van der Waals surface area contributed by atoms with Gasteiger partial charge in [-0.3, -0.25) is 9.79 Å². The number of hydrogen-bond donors (Lipinski definition) is 1. The Morgan fingerprint density at radius 2 is 2.00 bits per heavy atom. The predicted molar refractivity (Wildman–Crippen MR) is 101 cm³/mol. The molecule has 1 fully saturated rings. The Labute approximate surface area is 148 Å². The van der Waals surface area contributed by atoms with Gasteiger partial charge in [-0.05, 0) is 46.1 Å². The summed E-state index contributed by atoms with van der Waals surface area (Å²) in [6.45, 7) is 15.2. The third-order valence-corrected chi connectivity index (χ3v) is 4.60. The van der Waals surface area contributed by atoms with E-state index < -0.39 is 0 Å². The van der Waals surface area contributed by atoms with Crippen molar-refractivity contribution < 1.29 is 4.79 Å². The molecule has 6 heteroatoms. The normalized spacial score (nSPS) is 19.2. The molecule has 1 aliphatic rings. The van der Waals surface area contributed by atoms with Crippen molar-refractivity contribution in [3.05, 3.63) is 0 Å². The maximum absolute atomic E-state index is 12.3. The highest BCUT2D eigenvalue weighted by atomic mass is 16.2. The molecule has 140 valence electrons. The second-order valence-electron chi connectivity index (χ2n) is 6.71. The molecule has 1 aliphatic heterocycles. The minimum Gasteiger partial charge on any atom is -0.357 e. The van der Waals surface area contributed by atoms with Crippen LogP contribution in [-0.4, -0.2) is 86.0 Å². The molecule has 1 unspecified atom stereocenters. The van der Waals surface area contributed by atoms with Gasteiger partial charge in [-0.25, -0.2) is 0 Å². The van der Waals surface area contributed by atoms with Gasteiger partial charge < -0.3 is 20.0 Å². The number of amides is 1. The molecule has 0 aromatic heterocycles. The summed E-state index contributed by atoms with van der Waals surface area (Å²) in [4.78, 5) is 23.3. The van der Waals surface area contributed by atoms with Crippen molar-refractivity contribution in [2.24, 2.45) is 10.9 Å². The summed E-state index contributed by atoms with van der Waals surface area (Å²) >= 11 is 0. The molecule has 1 atom stereocenters. The number of rotatable bonds is 8. The molecule has 1 heterocycles. The maximum atomic E-state index is 12.3. The molecule has 1 saturated heterocycles. The van der Waals surface area contributed by atoms with Crippen LogP contribution in [0.15, 0.2) is 4.99 Å². The van der Waals surface area contributed by atoms with Gasteiger partial charge in [-0.1, -0.05) is 6.92 Å². The first-order chi connectivity index (χ1) is 11.5. The van der Waals surface area contributed by atoms with Gasteiger partial charge in [0.1, 0.15) is 0 Å². The molecule has 6 nitrogen and oxygen atoms in total. The van der Waals surface area contributed by atoms with Crippen LogP contribution in [0.1, 0.15) is 40.5 Å². The topological polar surface area (TPSA) is 51.2 Å². The van der Waals surface area contributed by atoms with E-state index in [2.05, 4.69) is 24.1 Å². The van der Waals surface area contributed by atoms with E-state index >= 15 is 0 Å². The highest BCUT2D eigenvalue weighted by Gasteiger charge is 2.17. The molecule has 0 aromatic carbocycles. The summed E-state index contributed by atoms with van der Waals surface area (Å²) in [5.74, 6) is 1.77. The summed E-state index contributed by atoms with van der Waals surface area (Å²) in [5, 5.41) is 3.30. The number of carbonyl (C=O) groups is 1. The van der Waals surface area contributed by atoms with E-state index in [4.69, 9.17) is 4.99 Å². The number of aliphatic imine (C=N–C) groups is 1. The number of carbonyl (C=O) groups excluding carboxylic acids is 1. The summed E-state index contributed by atoms with van der Waals surface area (Å²) in [6.07, 6.45) is 2.64. The van der Waals surface area contributed by atoms with E-state index in [0.717, 1.165) is 44.6 Å². The average Bonchev–Trinajstić information content (AvgIpc) is 2.55. The number of likely N-dealkylation sites (tertiary alicyclic amines) is 1. The van der Waals surface area contributed by atoms with Crippen LogP contribution in [0.4, 0.5) is 0 Å². The Kier molecular flexibility index (Phi) is 9.76. The van der Waals surface area contributed by atoms with E-state index in [1.54, 1.807) is 0 Å². The Bertz CT molecular complexity index is 395. The lowest BCUT2D eigenvalue weighted by molar-refractivity contribution is -0.131. The van der Waals surface area contributed by atoms with Gasteiger partial charge in [0, 0.05) is 39.8 Å². The molecule has 1 rings (SSSR count). The highest BCUT2D eigenvalue weighted by molar-refractivity contribution is 5.86. The van der Waals surface area contributed by atoms with Gasteiger partial charge in [0.15, 0.2) is 5.96 Å². The number of likely N-dealkylation sites (N-methyl/N-ethyl adjacent to an activating group) is 2. The predicted octanol–water partition coefficient (Wildman–Crippen LogP) is 1.48. The number of guanidine groups is 1. The monoisotopic (exact) mass is 339 g/mol. The van der Waals surface area contributed by atoms with Crippen molar-refractivity contribution in [3.63, 3.8) is 0 Å². The van der Waals surface area contributed by atoms with Gasteiger partial charge in [0.25, 0.3) is 0 Å². The van der Waals surface area contributed by atoms with E-state index in [1.165, 1.54) is 25.9 Å². The van der Waals surface area contributed by atoms with Crippen LogP contribution in [0.25, 0.3) is 0 Å². The minimum absolute atomic E-state index is 0.151. The van der Waals surface area contributed by atoms with E-state index in [-0.39, 0.29) is 5.91 Å². The first kappa shape index (κ1) is 20.7. The Morgan fingerprint density at radius 1 is 1.29 bits per heavy atom. The number of nitrogens with one attached hydrogen (secondary N) is 1. The number of hydrogen-bond acceptors (Lipinski definition) is 3. The number of piperidine rings is 1. The number of nitrogens with zero attached hydrogens (tertiary/aromatic N) is 4. The van der Waals surface area contributed by atoms with E-state index in [1.807, 2.05) is 30.7 Å². The van der Waals surface area contributed by atoms with E-state index in [9.17, 15) is 4.79 Å². The Hall–Kier alpha value is -1.30. The van der Waals surface area contributed by atoms with Gasteiger partial charge in [0.05, 0.1) is 13.1 Å². The van der Waals surface area contributed by atoms with Gasteiger partial charge in [-0.2, -0.15) is 0 Å². The molecule has 24 heavy (non-hydrogen) atoms. The molecule has 0 aliphatic carbocycles. The fourth-order valence-corrected chi connectivity index (χ4v) is 3.21. The third kappa shape index (κ3) is 7.07. The van der Waals surface area contributed by atoms with Crippen molar-refractivity contribution in [3.8, 4) is 0 Å². The zero-order valence-corrected chi connectivity index (χ0v) is 16.3. The van der Waals surface area contributed by atoms with Gasteiger partial charge in [0.2, 0.25) is 5.91 Å².